The molecule has 0 spiro atoms. The molecule has 0 aromatic heterocycles. The van der Waals surface area contributed by atoms with Crippen LogP contribution in [0.4, 0.5) is 4.39 Å². The van der Waals surface area contributed by atoms with Crippen molar-refractivity contribution in [1.82, 2.24) is 4.72 Å². The van der Waals surface area contributed by atoms with Gasteiger partial charge in [-0.15, -0.1) is 0 Å². The number of halogens is 1. The van der Waals surface area contributed by atoms with Gasteiger partial charge < -0.3 is 5.73 Å². The first-order valence-corrected chi connectivity index (χ1v) is 8.14. The molecule has 0 heterocycles. The van der Waals surface area contributed by atoms with E-state index >= 15 is 0 Å². The van der Waals surface area contributed by atoms with E-state index < -0.39 is 15.8 Å². The molecule has 20 heavy (non-hydrogen) atoms. The lowest BCUT2D eigenvalue weighted by Crippen LogP contribution is -2.27. The fourth-order valence-electron chi connectivity index (χ4n) is 2.33. The van der Waals surface area contributed by atoms with Gasteiger partial charge in [0.05, 0.1) is 4.90 Å². The molecule has 6 heteroatoms. The lowest BCUT2D eigenvalue weighted by Gasteiger charge is -2.11. The van der Waals surface area contributed by atoms with Crippen LogP contribution in [0.25, 0.3) is 0 Å². The molecule has 0 aliphatic heterocycles. The van der Waals surface area contributed by atoms with Crippen LogP contribution < -0.4 is 10.5 Å². The molecule has 1 aromatic carbocycles. The molecule has 1 fully saturated rings. The Balaban J connectivity index is 2.19. The molecule has 1 aromatic rings. The van der Waals surface area contributed by atoms with Gasteiger partial charge in [-0.2, -0.15) is 0 Å². The zero-order valence-corrected chi connectivity index (χ0v) is 12.8. The summed E-state index contributed by atoms with van der Waals surface area (Å²) in [6.07, 6.45) is 1.02. The molecule has 112 valence electrons. The second-order valence-electron chi connectivity index (χ2n) is 6.16. The summed E-state index contributed by atoms with van der Waals surface area (Å²) in [4.78, 5) is 0.0790. The molecule has 1 unspecified atom stereocenters. The van der Waals surface area contributed by atoms with Crippen LogP contribution in [0.15, 0.2) is 17.0 Å². The molecule has 0 saturated heterocycles. The summed E-state index contributed by atoms with van der Waals surface area (Å²) in [5.41, 5.74) is 6.17. The minimum absolute atomic E-state index is 0.0221. The first kappa shape index (κ1) is 15.4. The number of aryl methyl sites for hydroxylation is 1. The van der Waals surface area contributed by atoms with E-state index in [-0.39, 0.29) is 22.4 Å². The van der Waals surface area contributed by atoms with E-state index in [1.807, 2.05) is 0 Å². The van der Waals surface area contributed by atoms with Crippen molar-refractivity contribution < 1.29 is 12.8 Å². The van der Waals surface area contributed by atoms with Crippen LogP contribution in [0.1, 0.15) is 31.4 Å². The van der Waals surface area contributed by atoms with Crippen LogP contribution >= 0.6 is 0 Å². The van der Waals surface area contributed by atoms with Crippen molar-refractivity contribution in [2.75, 3.05) is 6.54 Å². The van der Waals surface area contributed by atoms with Crippen molar-refractivity contribution in [2.24, 2.45) is 17.1 Å². The van der Waals surface area contributed by atoms with E-state index in [1.165, 1.54) is 19.1 Å². The van der Waals surface area contributed by atoms with Gasteiger partial charge in [0.1, 0.15) is 5.82 Å². The zero-order valence-electron chi connectivity index (χ0n) is 12.0. The predicted molar refractivity (Wildman–Crippen MR) is 76.1 cm³/mol. The van der Waals surface area contributed by atoms with Gasteiger partial charge in [0.2, 0.25) is 10.0 Å². The third-order valence-electron chi connectivity index (χ3n) is 4.07. The van der Waals surface area contributed by atoms with Gasteiger partial charge in [-0.3, -0.25) is 0 Å². The Bertz CT molecular complexity index is 626. The molecule has 0 bridgehead atoms. The highest BCUT2D eigenvalue weighted by Crippen LogP contribution is 2.51. The van der Waals surface area contributed by atoms with Gasteiger partial charge in [-0.05, 0) is 42.4 Å². The van der Waals surface area contributed by atoms with E-state index in [0.29, 0.717) is 18.0 Å². The zero-order chi connectivity index (χ0) is 15.1. The van der Waals surface area contributed by atoms with E-state index in [1.54, 1.807) is 0 Å². The van der Waals surface area contributed by atoms with E-state index in [2.05, 4.69) is 18.6 Å². The van der Waals surface area contributed by atoms with Gasteiger partial charge >= 0.3 is 0 Å². The van der Waals surface area contributed by atoms with Crippen molar-refractivity contribution >= 4 is 10.0 Å². The number of nitrogens with two attached hydrogens (primary N) is 1. The molecular weight excluding hydrogens is 279 g/mol. The van der Waals surface area contributed by atoms with Crippen LogP contribution in [-0.2, 0) is 16.6 Å². The Morgan fingerprint density at radius 1 is 1.45 bits per heavy atom. The van der Waals surface area contributed by atoms with Crippen LogP contribution in [0.2, 0.25) is 0 Å². The number of hydrogen-bond donors (Lipinski definition) is 2. The first-order valence-electron chi connectivity index (χ1n) is 6.66. The van der Waals surface area contributed by atoms with E-state index in [9.17, 15) is 12.8 Å². The molecule has 4 nitrogen and oxygen atoms in total. The number of benzene rings is 1. The molecule has 1 atom stereocenters. The molecule has 1 aliphatic rings. The Hall–Kier alpha value is -0.980. The third-order valence-corrected chi connectivity index (χ3v) is 5.47. The monoisotopic (exact) mass is 300 g/mol. The number of sulfonamides is 1. The summed E-state index contributed by atoms with van der Waals surface area (Å²) in [7, 11) is -3.61. The van der Waals surface area contributed by atoms with Crippen molar-refractivity contribution in [2.45, 2.75) is 38.6 Å². The normalized spacial score (nSPS) is 20.9. The predicted octanol–water partition coefficient (Wildman–Crippen LogP) is 1.92. The highest BCUT2D eigenvalue weighted by atomic mass is 32.2. The van der Waals surface area contributed by atoms with Gasteiger partial charge in [0.25, 0.3) is 0 Å². The standard InChI is InChI=1S/C14H21FN2O2S/c1-9-4-12(5-10(7-16)13(9)15)20(18,19)17-8-11-6-14(11,2)3/h4-5,11,17H,6-8,16H2,1-3H3. The maximum absolute atomic E-state index is 13.7. The lowest BCUT2D eigenvalue weighted by molar-refractivity contribution is 0.537. The van der Waals surface area contributed by atoms with Crippen molar-refractivity contribution in [3.8, 4) is 0 Å². The van der Waals surface area contributed by atoms with Crippen LogP contribution in [0.5, 0.6) is 0 Å². The minimum Gasteiger partial charge on any atom is -0.326 e. The van der Waals surface area contributed by atoms with Crippen molar-refractivity contribution in [3.63, 3.8) is 0 Å². The molecule has 0 radical (unpaired) electrons. The Morgan fingerprint density at radius 2 is 2.05 bits per heavy atom. The number of nitrogens with one attached hydrogen (secondary N) is 1. The first-order chi connectivity index (χ1) is 9.17. The molecule has 1 aliphatic carbocycles. The highest BCUT2D eigenvalue weighted by Gasteiger charge is 2.45. The summed E-state index contributed by atoms with van der Waals surface area (Å²) in [6, 6.07) is 2.65. The molecule has 2 rings (SSSR count). The summed E-state index contributed by atoms with van der Waals surface area (Å²) in [5.74, 6) is -0.0671. The second-order valence-corrected chi connectivity index (χ2v) is 7.93. The Labute approximate surface area is 119 Å². The van der Waals surface area contributed by atoms with Crippen LogP contribution in [-0.4, -0.2) is 15.0 Å². The quantitative estimate of drug-likeness (QED) is 0.872. The Morgan fingerprint density at radius 3 is 2.55 bits per heavy atom. The van der Waals surface area contributed by atoms with E-state index in [0.717, 1.165) is 6.42 Å². The van der Waals surface area contributed by atoms with Gasteiger partial charge in [0.15, 0.2) is 0 Å². The maximum atomic E-state index is 13.7. The average molecular weight is 300 g/mol. The lowest BCUT2D eigenvalue weighted by atomic mass is 10.1. The molecular formula is C14H21FN2O2S. The largest absolute Gasteiger partial charge is 0.326 e. The molecule has 0 amide bonds. The maximum Gasteiger partial charge on any atom is 0.240 e. The summed E-state index contributed by atoms with van der Waals surface area (Å²) >= 11 is 0. The number of rotatable bonds is 5. The van der Waals surface area contributed by atoms with Crippen LogP contribution in [0, 0.1) is 24.1 Å². The molecule has 3 N–H and O–H groups in total. The summed E-state index contributed by atoms with van der Waals surface area (Å²) in [5, 5.41) is 0. The fraction of sp³-hybridized carbons (Fsp3) is 0.571. The van der Waals surface area contributed by atoms with Gasteiger partial charge in [0, 0.05) is 18.7 Å². The summed E-state index contributed by atoms with van der Waals surface area (Å²) in [6.45, 7) is 6.16. The van der Waals surface area contributed by atoms with Gasteiger partial charge in [-0.25, -0.2) is 17.5 Å². The van der Waals surface area contributed by atoms with Crippen molar-refractivity contribution in [1.29, 1.82) is 0 Å². The highest BCUT2D eigenvalue weighted by molar-refractivity contribution is 7.89. The SMILES string of the molecule is Cc1cc(S(=O)(=O)NCC2CC2(C)C)cc(CN)c1F. The molecule has 1 saturated carbocycles. The van der Waals surface area contributed by atoms with Gasteiger partial charge in [-0.1, -0.05) is 13.8 Å². The van der Waals surface area contributed by atoms with E-state index in [4.69, 9.17) is 5.73 Å². The second kappa shape index (κ2) is 5.09. The fourth-order valence-corrected chi connectivity index (χ4v) is 3.55. The third kappa shape index (κ3) is 3.02. The smallest absolute Gasteiger partial charge is 0.240 e. The average Bonchev–Trinajstić information content (AvgIpc) is 2.98. The minimum atomic E-state index is -3.61. The number of hydrogen-bond acceptors (Lipinski definition) is 3. The Kier molecular flexibility index (Phi) is 3.92. The topological polar surface area (TPSA) is 72.2 Å². The van der Waals surface area contributed by atoms with Crippen LogP contribution in [0.3, 0.4) is 0 Å². The summed E-state index contributed by atoms with van der Waals surface area (Å²) < 4.78 is 40.8. The van der Waals surface area contributed by atoms with Crippen molar-refractivity contribution in [3.05, 3.63) is 29.1 Å².